The average Bonchev–Trinajstić information content (AvgIpc) is 3.46. The molecule has 0 atom stereocenters. The molecule has 0 unspecified atom stereocenters. The Kier molecular flexibility index (Phi) is 4.45. The van der Waals surface area contributed by atoms with Gasteiger partial charge in [0, 0.05) is 6.20 Å². The third-order valence-corrected chi connectivity index (χ3v) is 5.06. The van der Waals surface area contributed by atoms with Crippen molar-refractivity contribution < 1.29 is 9.53 Å². The predicted octanol–water partition coefficient (Wildman–Crippen LogP) is 1.47. The number of aromatic nitrogens is 7. The molecule has 11 heteroatoms. The number of carbonyl (C=O) groups is 1. The van der Waals surface area contributed by atoms with Crippen LogP contribution in [0.2, 0.25) is 0 Å². The molecule has 5 aromatic rings. The smallest absolute Gasteiger partial charge is 0.360 e. The van der Waals surface area contributed by atoms with Gasteiger partial charge in [0.2, 0.25) is 6.19 Å². The van der Waals surface area contributed by atoms with Crippen molar-refractivity contribution in [3.63, 3.8) is 0 Å². The van der Waals surface area contributed by atoms with Gasteiger partial charge in [0.05, 0.1) is 30.4 Å². The molecule has 0 amide bonds. The van der Waals surface area contributed by atoms with Crippen LogP contribution in [0, 0.1) is 11.5 Å². The molecule has 0 saturated heterocycles. The van der Waals surface area contributed by atoms with Gasteiger partial charge in [-0.05, 0) is 24.3 Å². The van der Waals surface area contributed by atoms with Crippen LogP contribution in [0.5, 0.6) is 0 Å². The summed E-state index contributed by atoms with van der Waals surface area (Å²) in [5, 5.41) is 16.9. The molecule has 0 aliphatic carbocycles. The second-order valence-corrected chi connectivity index (χ2v) is 6.80. The summed E-state index contributed by atoms with van der Waals surface area (Å²) in [6.07, 6.45) is 4.88. The lowest BCUT2D eigenvalue weighted by atomic mass is 10.2. The summed E-state index contributed by atoms with van der Waals surface area (Å²) in [5.74, 6) is -0.817. The van der Waals surface area contributed by atoms with Crippen molar-refractivity contribution in [3.05, 3.63) is 76.7 Å². The summed E-state index contributed by atoms with van der Waals surface area (Å²) in [4.78, 5) is 34.7. The first-order valence-electron chi connectivity index (χ1n) is 9.47. The van der Waals surface area contributed by atoms with Crippen LogP contribution in [-0.4, -0.2) is 47.0 Å². The molecule has 0 saturated carbocycles. The topological polar surface area (TPSA) is 133 Å². The summed E-state index contributed by atoms with van der Waals surface area (Å²) in [7, 11) is 1.18. The van der Waals surface area contributed by atoms with Gasteiger partial charge in [-0.3, -0.25) is 18.7 Å². The van der Waals surface area contributed by atoms with Crippen molar-refractivity contribution in [2.45, 2.75) is 6.54 Å². The number of ether oxygens (including phenoxy) is 1. The monoisotopic (exact) mass is 426 g/mol. The molecule has 5 rings (SSSR count). The second-order valence-electron chi connectivity index (χ2n) is 6.80. The van der Waals surface area contributed by atoms with E-state index in [1.165, 1.54) is 13.4 Å². The van der Waals surface area contributed by atoms with Crippen LogP contribution in [0.25, 0.3) is 27.9 Å². The number of benzene rings is 1. The Bertz CT molecular complexity index is 1590. The molecule has 1 aromatic carbocycles. The van der Waals surface area contributed by atoms with Crippen LogP contribution in [0.3, 0.4) is 0 Å². The zero-order chi connectivity index (χ0) is 22.2. The first-order chi connectivity index (χ1) is 15.6. The van der Waals surface area contributed by atoms with Gasteiger partial charge >= 0.3 is 5.97 Å². The van der Waals surface area contributed by atoms with Crippen LogP contribution >= 0.6 is 0 Å². The highest BCUT2D eigenvalue weighted by atomic mass is 16.5. The highest BCUT2D eigenvalue weighted by Crippen LogP contribution is 2.26. The van der Waals surface area contributed by atoms with E-state index in [0.29, 0.717) is 11.2 Å². The van der Waals surface area contributed by atoms with Crippen molar-refractivity contribution in [1.82, 2.24) is 33.9 Å². The minimum absolute atomic E-state index is 0.0160. The lowest BCUT2D eigenvalue weighted by molar-refractivity contribution is 0.0591. The SMILES string of the molecule is COC(=O)c1c(-c2ncn3c2c(=O)n(Cc2ccccn2)c2ccccc23)nnn1C#N. The third kappa shape index (κ3) is 2.82. The van der Waals surface area contributed by atoms with Gasteiger partial charge in [0.25, 0.3) is 5.56 Å². The molecule has 0 spiro atoms. The van der Waals surface area contributed by atoms with E-state index in [-0.39, 0.29) is 34.7 Å². The molecule has 0 N–H and O–H groups in total. The summed E-state index contributed by atoms with van der Waals surface area (Å²) in [5.41, 5.74) is 1.85. The van der Waals surface area contributed by atoms with Crippen LogP contribution in [0.4, 0.5) is 0 Å². The molecule has 32 heavy (non-hydrogen) atoms. The van der Waals surface area contributed by atoms with Gasteiger partial charge in [0.15, 0.2) is 5.69 Å². The minimum atomic E-state index is -0.817. The Balaban J connectivity index is 1.84. The van der Waals surface area contributed by atoms with Gasteiger partial charge in [0.1, 0.15) is 23.2 Å². The Morgan fingerprint density at radius 2 is 1.88 bits per heavy atom. The number of imidazole rings is 1. The predicted molar refractivity (Wildman–Crippen MR) is 112 cm³/mol. The van der Waals surface area contributed by atoms with Gasteiger partial charge in [-0.25, -0.2) is 9.78 Å². The van der Waals surface area contributed by atoms with Crippen molar-refractivity contribution in [3.8, 4) is 17.6 Å². The fourth-order valence-electron chi connectivity index (χ4n) is 3.64. The van der Waals surface area contributed by atoms with Gasteiger partial charge in [-0.1, -0.05) is 23.4 Å². The van der Waals surface area contributed by atoms with Crippen molar-refractivity contribution in [1.29, 1.82) is 5.26 Å². The van der Waals surface area contributed by atoms with Crippen LogP contribution in [0.15, 0.2) is 59.8 Å². The fourth-order valence-corrected chi connectivity index (χ4v) is 3.64. The minimum Gasteiger partial charge on any atom is -0.464 e. The Hall–Kier alpha value is -4.85. The second kappa shape index (κ2) is 7.44. The van der Waals surface area contributed by atoms with Crippen LogP contribution in [0.1, 0.15) is 16.2 Å². The van der Waals surface area contributed by atoms with E-state index < -0.39 is 5.97 Å². The number of rotatable bonds is 4. The molecular formula is C21H14N8O3. The number of hydrogen-bond acceptors (Lipinski definition) is 8. The van der Waals surface area contributed by atoms with E-state index in [2.05, 4.69) is 20.3 Å². The first kappa shape index (κ1) is 19.1. The summed E-state index contributed by atoms with van der Waals surface area (Å²) in [6, 6.07) is 12.9. The lowest BCUT2D eigenvalue weighted by Crippen LogP contribution is -2.24. The molecule has 156 valence electrons. The van der Waals surface area contributed by atoms with E-state index in [1.807, 2.05) is 36.4 Å². The van der Waals surface area contributed by atoms with E-state index in [9.17, 15) is 14.9 Å². The highest BCUT2D eigenvalue weighted by molar-refractivity contribution is 5.96. The van der Waals surface area contributed by atoms with Crippen LogP contribution in [-0.2, 0) is 11.3 Å². The molecule has 0 aliphatic heterocycles. The molecule has 4 heterocycles. The van der Waals surface area contributed by atoms with E-state index >= 15 is 0 Å². The Labute approximate surface area is 179 Å². The zero-order valence-corrected chi connectivity index (χ0v) is 16.7. The highest BCUT2D eigenvalue weighted by Gasteiger charge is 2.27. The van der Waals surface area contributed by atoms with E-state index in [4.69, 9.17) is 4.74 Å². The standard InChI is InChI=1S/C21H14N8O3/c1-32-21(31)19-17(25-26-29(19)11-22)16-18-20(30)27(10-13-6-4-5-9-23-13)14-7-2-3-8-15(14)28(18)12-24-16/h2-9,12H,10H2,1H3. The summed E-state index contributed by atoms with van der Waals surface area (Å²) in [6.45, 7) is 0.232. The zero-order valence-electron chi connectivity index (χ0n) is 16.7. The molecule has 11 nitrogen and oxygen atoms in total. The van der Waals surface area contributed by atoms with Crippen molar-refractivity contribution in [2.75, 3.05) is 7.11 Å². The number of nitrogens with zero attached hydrogens (tertiary/aromatic N) is 8. The maximum atomic E-state index is 13.7. The number of fused-ring (bicyclic) bond motifs is 3. The van der Waals surface area contributed by atoms with Gasteiger partial charge < -0.3 is 4.74 Å². The average molecular weight is 426 g/mol. The molecule has 0 aliphatic rings. The first-order valence-corrected chi connectivity index (χ1v) is 9.47. The number of hydrogen-bond donors (Lipinski definition) is 0. The van der Waals surface area contributed by atoms with Crippen molar-refractivity contribution in [2.24, 2.45) is 0 Å². The van der Waals surface area contributed by atoms with E-state index in [1.54, 1.807) is 27.4 Å². The molecule has 0 bridgehead atoms. The largest absolute Gasteiger partial charge is 0.464 e. The summed E-state index contributed by atoms with van der Waals surface area (Å²) >= 11 is 0. The maximum absolute atomic E-state index is 13.7. The number of methoxy groups -OCH3 is 1. The number of pyridine rings is 1. The van der Waals surface area contributed by atoms with E-state index in [0.717, 1.165) is 10.2 Å². The number of esters is 1. The molecule has 4 aromatic heterocycles. The molecule has 0 radical (unpaired) electrons. The normalized spacial score (nSPS) is 11.0. The number of carbonyl (C=O) groups excluding carboxylic acids is 1. The third-order valence-electron chi connectivity index (χ3n) is 5.06. The molecular weight excluding hydrogens is 412 g/mol. The maximum Gasteiger partial charge on any atom is 0.360 e. The van der Waals surface area contributed by atoms with Crippen molar-refractivity contribution >= 4 is 22.5 Å². The molecule has 0 fully saturated rings. The fraction of sp³-hybridized carbons (Fsp3) is 0.0952. The van der Waals surface area contributed by atoms with Gasteiger partial charge in [-0.15, -0.1) is 9.78 Å². The van der Waals surface area contributed by atoms with Gasteiger partial charge in [-0.2, -0.15) is 5.26 Å². The summed E-state index contributed by atoms with van der Waals surface area (Å²) < 4.78 is 8.73. The number of para-hydroxylation sites is 2. The Morgan fingerprint density at radius 3 is 2.59 bits per heavy atom. The number of nitriles is 1. The lowest BCUT2D eigenvalue weighted by Gasteiger charge is -2.12. The van der Waals surface area contributed by atoms with Crippen LogP contribution < -0.4 is 5.56 Å². The Morgan fingerprint density at radius 1 is 1.09 bits per heavy atom. The quantitative estimate of drug-likeness (QED) is 0.395.